The Morgan fingerprint density at radius 3 is 2.62 bits per heavy atom. The number of nitrogens with zero attached hydrogens (tertiary/aromatic N) is 2. The van der Waals surface area contributed by atoms with E-state index < -0.39 is 0 Å². The van der Waals surface area contributed by atoms with Crippen molar-refractivity contribution in [2.24, 2.45) is 0 Å². The van der Waals surface area contributed by atoms with Gasteiger partial charge in [0.15, 0.2) is 0 Å². The van der Waals surface area contributed by atoms with Crippen LogP contribution in [0.1, 0.15) is 63.1 Å². The molecule has 1 aromatic heterocycles. The van der Waals surface area contributed by atoms with E-state index in [1.807, 2.05) is 0 Å². The molecule has 0 saturated heterocycles. The Hall–Kier alpha value is -0.900. The lowest BCUT2D eigenvalue weighted by atomic mass is 10.0. The van der Waals surface area contributed by atoms with Gasteiger partial charge >= 0.3 is 0 Å². The molecule has 1 aromatic rings. The Balaban J connectivity index is 1.94. The van der Waals surface area contributed by atoms with Crippen LogP contribution in [0.4, 0.5) is 0 Å². The lowest BCUT2D eigenvalue weighted by Crippen LogP contribution is -2.11. The van der Waals surface area contributed by atoms with E-state index in [4.69, 9.17) is 4.42 Å². The zero-order chi connectivity index (χ0) is 11.2. The van der Waals surface area contributed by atoms with Crippen LogP contribution in [0.25, 0.3) is 0 Å². The van der Waals surface area contributed by atoms with Crippen molar-refractivity contribution >= 4 is 0 Å². The summed E-state index contributed by atoms with van der Waals surface area (Å²) in [6, 6.07) is 0. The van der Waals surface area contributed by atoms with Crippen molar-refractivity contribution in [2.45, 2.75) is 57.9 Å². The molecule has 1 N–H and O–H groups in total. The van der Waals surface area contributed by atoms with Crippen LogP contribution < -0.4 is 5.32 Å². The summed E-state index contributed by atoms with van der Waals surface area (Å²) in [5.74, 6) is 2.08. The van der Waals surface area contributed by atoms with Crippen molar-refractivity contribution in [1.29, 1.82) is 0 Å². The van der Waals surface area contributed by atoms with Crippen molar-refractivity contribution in [1.82, 2.24) is 15.5 Å². The highest BCUT2D eigenvalue weighted by Gasteiger charge is 2.19. The average molecular weight is 223 g/mol. The maximum absolute atomic E-state index is 5.70. The molecule has 4 nitrogen and oxygen atoms in total. The Morgan fingerprint density at radius 2 is 1.94 bits per heavy atom. The van der Waals surface area contributed by atoms with Crippen molar-refractivity contribution in [3.8, 4) is 0 Å². The van der Waals surface area contributed by atoms with Crippen LogP contribution >= 0.6 is 0 Å². The predicted octanol–water partition coefficient (Wildman–Crippen LogP) is 2.62. The van der Waals surface area contributed by atoms with Crippen LogP contribution in [-0.4, -0.2) is 16.7 Å². The summed E-state index contributed by atoms with van der Waals surface area (Å²) in [5.41, 5.74) is 0. The van der Waals surface area contributed by atoms with Crippen LogP contribution in [0, 0.1) is 0 Å². The largest absolute Gasteiger partial charge is 0.424 e. The molecule has 2 rings (SSSR count). The van der Waals surface area contributed by atoms with Gasteiger partial charge < -0.3 is 9.73 Å². The van der Waals surface area contributed by atoms with E-state index in [0.29, 0.717) is 12.5 Å². The third kappa shape index (κ3) is 3.04. The molecule has 1 heterocycles. The summed E-state index contributed by atoms with van der Waals surface area (Å²) in [6.07, 6.45) is 7.74. The van der Waals surface area contributed by atoms with E-state index in [1.54, 1.807) is 0 Å². The fraction of sp³-hybridized carbons (Fsp3) is 0.833. The van der Waals surface area contributed by atoms with Crippen LogP contribution in [0.5, 0.6) is 0 Å². The average Bonchev–Trinajstić information content (AvgIpc) is 2.60. The minimum atomic E-state index is 0.505. The molecule has 16 heavy (non-hydrogen) atoms. The smallest absolute Gasteiger partial charge is 0.230 e. The number of hydrogen-bond donors (Lipinski definition) is 1. The SMILES string of the molecule is CCNCc1nnc(C2CCCCCC2)o1. The van der Waals surface area contributed by atoms with Crippen LogP contribution in [0.2, 0.25) is 0 Å². The van der Waals surface area contributed by atoms with Gasteiger partial charge in [-0.1, -0.05) is 32.6 Å². The van der Waals surface area contributed by atoms with Gasteiger partial charge in [-0.05, 0) is 19.4 Å². The zero-order valence-electron chi connectivity index (χ0n) is 10.0. The first-order valence-corrected chi connectivity index (χ1v) is 6.43. The Labute approximate surface area is 96.8 Å². The van der Waals surface area contributed by atoms with Crippen molar-refractivity contribution in [3.63, 3.8) is 0 Å². The number of aromatic nitrogens is 2. The van der Waals surface area contributed by atoms with Gasteiger partial charge in [-0.25, -0.2) is 0 Å². The summed E-state index contributed by atoms with van der Waals surface area (Å²) in [4.78, 5) is 0. The molecule has 0 spiro atoms. The van der Waals surface area contributed by atoms with Crippen molar-refractivity contribution < 1.29 is 4.42 Å². The summed E-state index contributed by atoms with van der Waals surface area (Å²) >= 11 is 0. The minimum absolute atomic E-state index is 0.505. The topological polar surface area (TPSA) is 51.0 Å². The second-order valence-electron chi connectivity index (χ2n) is 4.50. The third-order valence-corrected chi connectivity index (χ3v) is 3.21. The van der Waals surface area contributed by atoms with E-state index in [0.717, 1.165) is 18.3 Å². The van der Waals surface area contributed by atoms with Gasteiger partial charge in [-0.2, -0.15) is 0 Å². The normalized spacial score (nSPS) is 18.6. The summed E-state index contributed by atoms with van der Waals surface area (Å²) in [5, 5.41) is 11.5. The highest BCUT2D eigenvalue weighted by molar-refractivity contribution is 4.92. The van der Waals surface area contributed by atoms with E-state index in [9.17, 15) is 0 Å². The summed E-state index contributed by atoms with van der Waals surface area (Å²) in [6.45, 7) is 3.69. The molecule has 0 radical (unpaired) electrons. The Bertz CT molecular complexity index is 303. The third-order valence-electron chi connectivity index (χ3n) is 3.21. The van der Waals surface area contributed by atoms with E-state index in [1.165, 1.54) is 38.5 Å². The minimum Gasteiger partial charge on any atom is -0.424 e. The lowest BCUT2D eigenvalue weighted by molar-refractivity contribution is 0.387. The first kappa shape index (κ1) is 11.6. The molecule has 1 fully saturated rings. The molecule has 4 heteroatoms. The molecule has 0 atom stereocenters. The number of nitrogens with one attached hydrogen (secondary N) is 1. The summed E-state index contributed by atoms with van der Waals surface area (Å²) < 4.78 is 5.70. The van der Waals surface area contributed by atoms with E-state index in [2.05, 4.69) is 22.4 Å². The standard InChI is InChI=1S/C12H21N3O/c1-2-13-9-11-14-15-12(16-11)10-7-5-3-4-6-8-10/h10,13H,2-9H2,1H3. The van der Waals surface area contributed by atoms with E-state index >= 15 is 0 Å². The molecular formula is C12H21N3O. The van der Waals surface area contributed by atoms with Gasteiger partial charge in [0.05, 0.1) is 6.54 Å². The Kier molecular flexibility index (Phi) is 4.34. The molecule has 1 saturated carbocycles. The second kappa shape index (κ2) is 5.99. The quantitative estimate of drug-likeness (QED) is 0.797. The lowest BCUT2D eigenvalue weighted by Gasteiger charge is -2.07. The molecule has 1 aliphatic rings. The molecule has 0 bridgehead atoms. The second-order valence-corrected chi connectivity index (χ2v) is 4.50. The van der Waals surface area contributed by atoms with Crippen LogP contribution in [0.3, 0.4) is 0 Å². The summed E-state index contributed by atoms with van der Waals surface area (Å²) in [7, 11) is 0. The monoisotopic (exact) mass is 223 g/mol. The molecule has 0 unspecified atom stereocenters. The highest BCUT2D eigenvalue weighted by Crippen LogP contribution is 2.30. The van der Waals surface area contributed by atoms with Gasteiger partial charge in [-0.15, -0.1) is 10.2 Å². The highest BCUT2D eigenvalue weighted by atomic mass is 16.4. The Morgan fingerprint density at radius 1 is 1.19 bits per heavy atom. The molecule has 1 aliphatic carbocycles. The molecular weight excluding hydrogens is 202 g/mol. The zero-order valence-corrected chi connectivity index (χ0v) is 10.0. The molecule has 90 valence electrons. The molecule has 0 aliphatic heterocycles. The maximum Gasteiger partial charge on any atom is 0.230 e. The maximum atomic E-state index is 5.70. The fourth-order valence-corrected chi connectivity index (χ4v) is 2.26. The van der Waals surface area contributed by atoms with Gasteiger partial charge in [-0.3, -0.25) is 0 Å². The molecule has 0 aromatic carbocycles. The van der Waals surface area contributed by atoms with Crippen molar-refractivity contribution in [3.05, 3.63) is 11.8 Å². The number of hydrogen-bond acceptors (Lipinski definition) is 4. The fourth-order valence-electron chi connectivity index (χ4n) is 2.26. The van der Waals surface area contributed by atoms with Gasteiger partial charge in [0.2, 0.25) is 11.8 Å². The predicted molar refractivity (Wildman–Crippen MR) is 62.1 cm³/mol. The molecule has 0 amide bonds. The van der Waals surface area contributed by atoms with Gasteiger partial charge in [0, 0.05) is 5.92 Å². The first-order valence-electron chi connectivity index (χ1n) is 6.43. The van der Waals surface area contributed by atoms with Gasteiger partial charge in [0.25, 0.3) is 0 Å². The first-order chi connectivity index (χ1) is 7.90. The van der Waals surface area contributed by atoms with E-state index in [-0.39, 0.29) is 0 Å². The van der Waals surface area contributed by atoms with Gasteiger partial charge in [0.1, 0.15) is 0 Å². The van der Waals surface area contributed by atoms with Crippen LogP contribution in [-0.2, 0) is 6.54 Å². The van der Waals surface area contributed by atoms with Crippen molar-refractivity contribution in [2.75, 3.05) is 6.54 Å². The van der Waals surface area contributed by atoms with Crippen LogP contribution in [0.15, 0.2) is 4.42 Å². The number of rotatable bonds is 4.